The van der Waals surface area contributed by atoms with Gasteiger partial charge in [-0.3, -0.25) is 0 Å². The standard InChI is InChI=1S/C18H20N6S/c25-18-23(19-20-24(18)17-9-5-2-6-10-17)15-21-11-13-22(14-12-21)16-7-3-1-4-8-16/h1-10H,11-15H2/p+1. The third-order valence-corrected chi connectivity index (χ3v) is 4.99. The number of piperazine rings is 1. The van der Waals surface area contributed by atoms with Gasteiger partial charge in [-0.1, -0.05) is 36.4 Å². The number of nitrogens with zero attached hydrogens (tertiary/aromatic N) is 5. The molecule has 0 unspecified atom stereocenters. The molecule has 0 amide bonds. The van der Waals surface area contributed by atoms with Crippen LogP contribution >= 0.6 is 12.2 Å². The molecule has 2 aromatic carbocycles. The highest BCUT2D eigenvalue weighted by molar-refractivity contribution is 7.71. The second kappa shape index (κ2) is 7.16. The second-order valence-electron chi connectivity index (χ2n) is 6.24. The summed E-state index contributed by atoms with van der Waals surface area (Å²) in [6.45, 7) is 4.97. The highest BCUT2D eigenvalue weighted by Gasteiger charge is 2.21. The van der Waals surface area contributed by atoms with E-state index in [1.54, 1.807) is 4.68 Å². The maximum atomic E-state index is 5.55. The van der Waals surface area contributed by atoms with Crippen molar-refractivity contribution in [3.05, 3.63) is 65.4 Å². The van der Waals surface area contributed by atoms with Crippen LogP contribution in [0.25, 0.3) is 5.69 Å². The van der Waals surface area contributed by atoms with Gasteiger partial charge in [0.25, 0.3) is 0 Å². The molecule has 1 saturated heterocycles. The molecule has 1 aromatic heterocycles. The van der Waals surface area contributed by atoms with Gasteiger partial charge in [-0.05, 0) is 46.9 Å². The Morgan fingerprint density at radius 2 is 1.44 bits per heavy atom. The third kappa shape index (κ3) is 3.47. The average Bonchev–Trinajstić information content (AvgIpc) is 3.04. The Bertz CT molecular complexity index is 865. The van der Waals surface area contributed by atoms with Crippen LogP contribution in [-0.2, 0) is 6.67 Å². The molecule has 0 radical (unpaired) electrons. The van der Waals surface area contributed by atoms with Gasteiger partial charge in [0.05, 0.1) is 31.9 Å². The Hall–Kier alpha value is -2.51. The molecule has 7 heteroatoms. The Labute approximate surface area is 151 Å². The van der Waals surface area contributed by atoms with E-state index in [4.69, 9.17) is 12.2 Å². The molecule has 25 heavy (non-hydrogen) atoms. The highest BCUT2D eigenvalue weighted by atomic mass is 32.1. The summed E-state index contributed by atoms with van der Waals surface area (Å²) in [5, 5.41) is 8.47. The summed E-state index contributed by atoms with van der Waals surface area (Å²) in [7, 11) is 0. The summed E-state index contributed by atoms with van der Waals surface area (Å²) in [6, 6.07) is 20.5. The zero-order valence-electron chi connectivity index (χ0n) is 14.0. The lowest BCUT2D eigenvalue weighted by molar-refractivity contribution is -0.924. The molecule has 0 saturated carbocycles. The molecule has 128 valence electrons. The van der Waals surface area contributed by atoms with Gasteiger partial charge in [0.2, 0.25) is 4.77 Å². The van der Waals surface area contributed by atoms with Crippen molar-refractivity contribution in [2.24, 2.45) is 0 Å². The number of aromatic nitrogens is 4. The molecule has 2 heterocycles. The van der Waals surface area contributed by atoms with E-state index in [0.717, 1.165) is 38.5 Å². The van der Waals surface area contributed by atoms with Crippen molar-refractivity contribution < 1.29 is 4.90 Å². The van der Waals surface area contributed by atoms with Gasteiger partial charge in [0.15, 0.2) is 6.67 Å². The van der Waals surface area contributed by atoms with Gasteiger partial charge in [0.1, 0.15) is 0 Å². The molecule has 0 atom stereocenters. The zero-order chi connectivity index (χ0) is 17.1. The van der Waals surface area contributed by atoms with E-state index in [1.165, 1.54) is 10.6 Å². The van der Waals surface area contributed by atoms with Crippen LogP contribution in [0.5, 0.6) is 0 Å². The molecule has 3 aromatic rings. The first kappa shape index (κ1) is 16.0. The predicted molar refractivity (Wildman–Crippen MR) is 99.5 cm³/mol. The molecular formula is C18H21N6S+. The Morgan fingerprint density at radius 1 is 0.840 bits per heavy atom. The summed E-state index contributed by atoms with van der Waals surface area (Å²) in [5.74, 6) is 0. The lowest BCUT2D eigenvalue weighted by atomic mass is 10.2. The molecule has 6 nitrogen and oxygen atoms in total. The summed E-state index contributed by atoms with van der Waals surface area (Å²) in [4.78, 5) is 3.91. The molecule has 0 bridgehead atoms. The second-order valence-corrected chi connectivity index (χ2v) is 6.60. The number of anilines is 1. The van der Waals surface area contributed by atoms with E-state index in [0.29, 0.717) is 4.77 Å². The number of nitrogens with one attached hydrogen (secondary N) is 1. The van der Waals surface area contributed by atoms with Crippen LogP contribution in [0.4, 0.5) is 5.69 Å². The summed E-state index contributed by atoms with van der Waals surface area (Å²) in [5.41, 5.74) is 2.25. The fraction of sp³-hybridized carbons (Fsp3) is 0.278. The van der Waals surface area contributed by atoms with E-state index >= 15 is 0 Å². The van der Waals surface area contributed by atoms with Crippen molar-refractivity contribution >= 4 is 17.9 Å². The lowest BCUT2D eigenvalue weighted by Crippen LogP contribution is -3.14. The van der Waals surface area contributed by atoms with Crippen LogP contribution in [-0.4, -0.2) is 46.0 Å². The van der Waals surface area contributed by atoms with Gasteiger partial charge in [-0.15, -0.1) is 0 Å². The number of benzene rings is 2. The maximum Gasteiger partial charge on any atom is 0.225 e. The maximum absolute atomic E-state index is 5.55. The fourth-order valence-corrected chi connectivity index (χ4v) is 3.44. The fourth-order valence-electron chi connectivity index (χ4n) is 3.19. The van der Waals surface area contributed by atoms with Gasteiger partial charge in [0, 0.05) is 5.69 Å². The van der Waals surface area contributed by atoms with Crippen molar-refractivity contribution in [1.82, 2.24) is 19.8 Å². The lowest BCUT2D eigenvalue weighted by Gasteiger charge is -2.33. The minimum Gasteiger partial charge on any atom is -0.360 e. The van der Waals surface area contributed by atoms with Gasteiger partial charge in [-0.25, -0.2) is 0 Å². The van der Waals surface area contributed by atoms with Gasteiger partial charge >= 0.3 is 0 Å². The first-order valence-electron chi connectivity index (χ1n) is 8.53. The number of para-hydroxylation sites is 2. The van der Waals surface area contributed by atoms with Gasteiger partial charge in [-0.2, -0.15) is 9.36 Å². The normalized spacial score (nSPS) is 15.4. The van der Waals surface area contributed by atoms with Crippen LogP contribution in [0.15, 0.2) is 60.7 Å². The Morgan fingerprint density at radius 3 is 2.08 bits per heavy atom. The molecular weight excluding hydrogens is 332 g/mol. The Kier molecular flexibility index (Phi) is 4.58. The van der Waals surface area contributed by atoms with Gasteiger partial charge < -0.3 is 9.80 Å². The minimum atomic E-state index is 0.643. The molecule has 1 aliphatic rings. The van der Waals surface area contributed by atoms with Crippen LogP contribution in [0.1, 0.15) is 0 Å². The summed E-state index contributed by atoms with van der Waals surface area (Å²) in [6.07, 6.45) is 0. The van der Waals surface area contributed by atoms with Crippen LogP contribution in [0.2, 0.25) is 0 Å². The van der Waals surface area contributed by atoms with E-state index in [9.17, 15) is 0 Å². The van der Waals surface area contributed by atoms with E-state index in [1.807, 2.05) is 35.0 Å². The highest BCUT2D eigenvalue weighted by Crippen LogP contribution is 2.12. The number of quaternary nitrogens is 1. The third-order valence-electron chi connectivity index (χ3n) is 4.61. The number of rotatable bonds is 4. The van der Waals surface area contributed by atoms with Crippen molar-refractivity contribution in [2.45, 2.75) is 6.67 Å². The first-order chi connectivity index (χ1) is 12.3. The van der Waals surface area contributed by atoms with Crippen molar-refractivity contribution in [2.75, 3.05) is 31.1 Å². The number of hydrogen-bond donors (Lipinski definition) is 1. The topological polar surface area (TPSA) is 43.3 Å². The molecule has 0 aliphatic carbocycles. The van der Waals surface area contributed by atoms with Crippen LogP contribution in [0.3, 0.4) is 0 Å². The van der Waals surface area contributed by atoms with Crippen molar-refractivity contribution in [1.29, 1.82) is 0 Å². The first-order valence-corrected chi connectivity index (χ1v) is 8.94. The predicted octanol–water partition coefficient (Wildman–Crippen LogP) is 1.16. The minimum absolute atomic E-state index is 0.643. The quantitative estimate of drug-likeness (QED) is 0.715. The number of hydrogen-bond acceptors (Lipinski definition) is 4. The SMILES string of the molecule is S=c1n(C[NH+]2CCN(c3ccccc3)CC2)nnn1-c1ccccc1. The Balaban J connectivity index is 1.41. The largest absolute Gasteiger partial charge is 0.360 e. The van der Waals surface area contributed by atoms with Crippen molar-refractivity contribution in [3.8, 4) is 5.69 Å². The molecule has 1 fully saturated rings. The number of tetrazole rings is 1. The van der Waals surface area contributed by atoms with Crippen LogP contribution < -0.4 is 9.80 Å². The monoisotopic (exact) mass is 353 g/mol. The zero-order valence-corrected chi connectivity index (χ0v) is 14.8. The van der Waals surface area contributed by atoms with E-state index in [2.05, 4.69) is 45.7 Å². The molecule has 1 aliphatic heterocycles. The summed E-state index contributed by atoms with van der Waals surface area (Å²) >= 11 is 5.55. The summed E-state index contributed by atoms with van der Waals surface area (Å²) < 4.78 is 4.19. The molecule has 0 spiro atoms. The van der Waals surface area contributed by atoms with E-state index < -0.39 is 0 Å². The van der Waals surface area contributed by atoms with Crippen LogP contribution in [0, 0.1) is 4.77 Å². The smallest absolute Gasteiger partial charge is 0.225 e. The van der Waals surface area contributed by atoms with Crippen molar-refractivity contribution in [3.63, 3.8) is 0 Å². The van der Waals surface area contributed by atoms with E-state index in [-0.39, 0.29) is 0 Å². The molecule has 1 N–H and O–H groups in total. The average molecular weight is 353 g/mol. The molecule has 4 rings (SSSR count).